The number of benzene rings is 2. The average molecular weight is 343 g/mol. The van der Waals surface area contributed by atoms with Crippen molar-refractivity contribution in [2.24, 2.45) is 0 Å². The van der Waals surface area contributed by atoms with Crippen LogP contribution in [0.2, 0.25) is 0 Å². The maximum atomic E-state index is 14.2. The molecule has 0 spiro atoms. The highest BCUT2D eigenvalue weighted by atomic mass is 19.1. The fourth-order valence-electron chi connectivity index (χ4n) is 3.63. The topological polar surface area (TPSA) is 29.5 Å². The molecule has 1 heterocycles. The van der Waals surface area contributed by atoms with E-state index in [1.165, 1.54) is 12.1 Å². The van der Waals surface area contributed by atoms with Gasteiger partial charge in [0.25, 0.3) is 0 Å². The van der Waals surface area contributed by atoms with Crippen molar-refractivity contribution in [3.05, 3.63) is 71.3 Å². The lowest BCUT2D eigenvalue weighted by Crippen LogP contribution is -2.47. The Hall–Kier alpha value is -2.27. The normalized spacial score (nSPS) is 21.8. The number of carbonyl (C=O) groups is 1. The predicted octanol–water partition coefficient (Wildman–Crippen LogP) is 3.60. The van der Waals surface area contributed by atoms with Crippen LogP contribution in [-0.2, 0) is 14.9 Å². The van der Waals surface area contributed by atoms with Crippen molar-refractivity contribution in [1.82, 2.24) is 4.90 Å². The Bertz CT molecular complexity index is 804. The fourth-order valence-corrected chi connectivity index (χ4v) is 3.63. The summed E-state index contributed by atoms with van der Waals surface area (Å²) in [5, 5.41) is 0. The number of ether oxygens (including phenoxy) is 1. The fraction of sp³-hybridized carbons (Fsp3) is 0.350. The zero-order chi connectivity index (χ0) is 17.4. The van der Waals surface area contributed by atoms with E-state index in [1.807, 2.05) is 0 Å². The van der Waals surface area contributed by atoms with E-state index >= 15 is 0 Å². The summed E-state index contributed by atoms with van der Waals surface area (Å²) in [5.41, 5.74) is 0.160. The van der Waals surface area contributed by atoms with Gasteiger partial charge in [-0.2, -0.15) is 0 Å². The number of hydrogen-bond acceptors (Lipinski definition) is 2. The van der Waals surface area contributed by atoms with Gasteiger partial charge in [0.2, 0.25) is 5.91 Å². The van der Waals surface area contributed by atoms with Gasteiger partial charge in [-0.05, 0) is 25.0 Å². The van der Waals surface area contributed by atoms with Crippen LogP contribution in [0.1, 0.15) is 30.1 Å². The van der Waals surface area contributed by atoms with Crippen LogP contribution in [0.25, 0.3) is 0 Å². The van der Waals surface area contributed by atoms with Crippen molar-refractivity contribution in [2.75, 3.05) is 19.7 Å². The summed E-state index contributed by atoms with van der Waals surface area (Å²) in [5.74, 6) is -0.758. The van der Waals surface area contributed by atoms with E-state index in [-0.39, 0.29) is 24.1 Å². The molecule has 1 saturated heterocycles. The van der Waals surface area contributed by atoms with E-state index < -0.39 is 11.5 Å². The van der Waals surface area contributed by atoms with Crippen molar-refractivity contribution in [2.45, 2.75) is 24.4 Å². The monoisotopic (exact) mass is 343 g/mol. The van der Waals surface area contributed by atoms with Crippen molar-refractivity contribution in [3.8, 4) is 0 Å². The third kappa shape index (κ3) is 2.82. The molecule has 1 atom stereocenters. The summed E-state index contributed by atoms with van der Waals surface area (Å²) < 4.78 is 33.9. The molecule has 130 valence electrons. The Morgan fingerprint density at radius 1 is 1.04 bits per heavy atom. The van der Waals surface area contributed by atoms with E-state index in [1.54, 1.807) is 41.3 Å². The van der Waals surface area contributed by atoms with Crippen molar-refractivity contribution < 1.29 is 18.3 Å². The summed E-state index contributed by atoms with van der Waals surface area (Å²) >= 11 is 0. The zero-order valence-electron chi connectivity index (χ0n) is 13.8. The third-order valence-corrected chi connectivity index (χ3v) is 5.15. The number of morpholine rings is 1. The molecule has 3 nitrogen and oxygen atoms in total. The van der Waals surface area contributed by atoms with Crippen LogP contribution in [0.4, 0.5) is 8.78 Å². The summed E-state index contributed by atoms with van der Waals surface area (Å²) in [6.45, 7) is 1.08. The largest absolute Gasteiger partial charge is 0.370 e. The Morgan fingerprint density at radius 2 is 1.72 bits per heavy atom. The van der Waals surface area contributed by atoms with E-state index in [4.69, 9.17) is 4.74 Å². The van der Waals surface area contributed by atoms with Crippen LogP contribution in [0.15, 0.2) is 48.5 Å². The predicted molar refractivity (Wildman–Crippen MR) is 89.0 cm³/mol. The minimum absolute atomic E-state index is 0.0813. The van der Waals surface area contributed by atoms with E-state index in [0.29, 0.717) is 37.1 Å². The molecular weight excluding hydrogens is 324 g/mol. The molecule has 1 aliphatic carbocycles. The maximum Gasteiger partial charge on any atom is 0.233 e. The standard InChI is InChI=1S/C20H19F2NO2/c21-16-7-3-1-5-14(16)18-13-23(11-12-25-18)19(24)20(9-10-20)15-6-2-4-8-17(15)22/h1-8,18H,9-13H2. The smallest absolute Gasteiger partial charge is 0.233 e. The van der Waals surface area contributed by atoms with Gasteiger partial charge in [-0.3, -0.25) is 4.79 Å². The first kappa shape index (κ1) is 16.2. The lowest BCUT2D eigenvalue weighted by Gasteiger charge is -2.35. The van der Waals surface area contributed by atoms with Gasteiger partial charge in [-0.25, -0.2) is 8.78 Å². The van der Waals surface area contributed by atoms with Gasteiger partial charge < -0.3 is 9.64 Å². The SMILES string of the molecule is O=C(N1CCOC(c2ccccc2F)C1)C1(c2ccccc2F)CC1. The summed E-state index contributed by atoms with van der Waals surface area (Å²) in [6, 6.07) is 12.9. The first-order chi connectivity index (χ1) is 12.1. The van der Waals surface area contributed by atoms with Crippen LogP contribution < -0.4 is 0 Å². The second-order valence-electron chi connectivity index (χ2n) is 6.69. The summed E-state index contributed by atoms with van der Waals surface area (Å²) in [4.78, 5) is 14.8. The van der Waals surface area contributed by atoms with Crippen molar-refractivity contribution in [1.29, 1.82) is 0 Å². The lowest BCUT2D eigenvalue weighted by atomic mass is 9.93. The van der Waals surface area contributed by atoms with Crippen LogP contribution in [-0.4, -0.2) is 30.5 Å². The number of carbonyl (C=O) groups excluding carboxylic acids is 1. The van der Waals surface area contributed by atoms with Crippen LogP contribution in [0.3, 0.4) is 0 Å². The van der Waals surface area contributed by atoms with E-state index in [0.717, 1.165) is 0 Å². The van der Waals surface area contributed by atoms with Gasteiger partial charge in [-0.1, -0.05) is 36.4 Å². The number of rotatable bonds is 3. The van der Waals surface area contributed by atoms with Crippen LogP contribution in [0, 0.1) is 11.6 Å². The molecule has 2 aliphatic rings. The Kier molecular flexibility index (Phi) is 4.04. The quantitative estimate of drug-likeness (QED) is 0.852. The Balaban J connectivity index is 1.57. The molecule has 0 radical (unpaired) electrons. The molecule has 25 heavy (non-hydrogen) atoms. The maximum absolute atomic E-state index is 14.2. The minimum atomic E-state index is -0.761. The molecule has 5 heteroatoms. The number of halogens is 2. The lowest BCUT2D eigenvalue weighted by molar-refractivity contribution is -0.142. The van der Waals surface area contributed by atoms with E-state index in [2.05, 4.69) is 0 Å². The molecule has 0 N–H and O–H groups in total. The number of amides is 1. The van der Waals surface area contributed by atoms with Gasteiger partial charge in [0.05, 0.1) is 18.6 Å². The van der Waals surface area contributed by atoms with Gasteiger partial charge in [-0.15, -0.1) is 0 Å². The minimum Gasteiger partial charge on any atom is -0.370 e. The second-order valence-corrected chi connectivity index (χ2v) is 6.69. The first-order valence-corrected chi connectivity index (χ1v) is 8.52. The Labute approximate surface area is 145 Å². The van der Waals surface area contributed by atoms with Crippen LogP contribution >= 0.6 is 0 Å². The zero-order valence-corrected chi connectivity index (χ0v) is 13.8. The van der Waals surface area contributed by atoms with Gasteiger partial charge in [0.15, 0.2) is 0 Å². The molecule has 2 aromatic carbocycles. The number of hydrogen-bond donors (Lipinski definition) is 0. The first-order valence-electron chi connectivity index (χ1n) is 8.52. The molecule has 2 aromatic rings. The van der Waals surface area contributed by atoms with Gasteiger partial charge in [0, 0.05) is 17.7 Å². The van der Waals surface area contributed by atoms with Gasteiger partial charge >= 0.3 is 0 Å². The molecular formula is C20H19F2NO2. The molecule has 2 fully saturated rings. The molecule has 1 amide bonds. The Morgan fingerprint density at radius 3 is 2.40 bits per heavy atom. The summed E-state index contributed by atoms with van der Waals surface area (Å²) in [7, 11) is 0. The van der Waals surface area contributed by atoms with Crippen molar-refractivity contribution in [3.63, 3.8) is 0 Å². The van der Waals surface area contributed by atoms with E-state index in [9.17, 15) is 13.6 Å². The average Bonchev–Trinajstić information content (AvgIpc) is 3.44. The highest BCUT2D eigenvalue weighted by molar-refractivity contribution is 5.91. The highest BCUT2D eigenvalue weighted by Gasteiger charge is 2.54. The van der Waals surface area contributed by atoms with Crippen molar-refractivity contribution >= 4 is 5.91 Å². The molecule has 0 bridgehead atoms. The molecule has 1 unspecified atom stereocenters. The molecule has 4 rings (SSSR count). The highest BCUT2D eigenvalue weighted by Crippen LogP contribution is 2.50. The molecule has 1 saturated carbocycles. The molecule has 0 aromatic heterocycles. The second kappa shape index (κ2) is 6.23. The third-order valence-electron chi connectivity index (χ3n) is 5.15. The van der Waals surface area contributed by atoms with Crippen LogP contribution in [0.5, 0.6) is 0 Å². The van der Waals surface area contributed by atoms with Gasteiger partial charge in [0.1, 0.15) is 17.7 Å². The molecule has 1 aliphatic heterocycles. The number of nitrogens with zero attached hydrogens (tertiary/aromatic N) is 1. The summed E-state index contributed by atoms with van der Waals surface area (Å²) in [6.07, 6.45) is 0.804.